The number of phenolic OH excluding ortho intramolecular Hbond substituents is 1. The fourth-order valence-corrected chi connectivity index (χ4v) is 3.63. The summed E-state index contributed by atoms with van der Waals surface area (Å²) < 4.78 is 4.40. The lowest BCUT2D eigenvalue weighted by Crippen LogP contribution is -1.91. The molecule has 11 heteroatoms. The quantitative estimate of drug-likeness (QED) is 0.131. The largest absolute Gasteiger partial charge is 0.871 e. The molecule has 0 spiro atoms. The number of benzene rings is 4. The van der Waals surface area contributed by atoms with Gasteiger partial charge in [0.2, 0.25) is 0 Å². The van der Waals surface area contributed by atoms with Crippen LogP contribution in [0.4, 0.5) is 17.1 Å². The van der Waals surface area contributed by atoms with Crippen LogP contribution in [0.3, 0.4) is 0 Å². The average Bonchev–Trinajstić information content (AvgIpc) is 2.78. The lowest BCUT2D eigenvalue weighted by Gasteiger charge is -2.13. The van der Waals surface area contributed by atoms with Gasteiger partial charge in [-0.15, -0.1) is 9.45 Å². The number of hydrogen-bond acceptors (Lipinski definition) is 10. The molecule has 4 rings (SSSR count). The number of non-ortho nitro benzene ring substituents is 1. The first-order valence-corrected chi connectivity index (χ1v) is 9.43. The van der Waals surface area contributed by atoms with Gasteiger partial charge in [0.15, 0.2) is 0 Å². The van der Waals surface area contributed by atoms with Crippen molar-refractivity contribution in [2.45, 2.75) is 4.90 Å². The second kappa shape index (κ2) is 8.53. The summed E-state index contributed by atoms with van der Waals surface area (Å²) in [5.74, 6) is -0.635. The Bertz CT molecular complexity index is 1340. The van der Waals surface area contributed by atoms with Crippen LogP contribution in [-0.2, 0) is 9.37 Å². The van der Waals surface area contributed by atoms with E-state index in [0.717, 1.165) is 5.39 Å². The summed E-state index contributed by atoms with van der Waals surface area (Å²) in [5, 5.41) is 56.1. The third kappa shape index (κ3) is 3.98. The van der Waals surface area contributed by atoms with Gasteiger partial charge in [-0.1, -0.05) is 41.1 Å². The Kier molecular flexibility index (Phi) is 5.64. The van der Waals surface area contributed by atoms with E-state index in [0.29, 0.717) is 28.2 Å². The minimum absolute atomic E-state index is 0.00623. The molecule has 10 nitrogen and oxygen atoms in total. The highest BCUT2D eigenvalue weighted by Gasteiger charge is 2.17. The van der Waals surface area contributed by atoms with Crippen LogP contribution >= 0.6 is 12.0 Å². The number of hydrogen-bond donors (Lipinski definition) is 2. The predicted octanol–water partition coefficient (Wildman–Crippen LogP) is 5.52. The third-order valence-electron chi connectivity index (χ3n) is 4.52. The average molecular weight is 438 g/mol. The predicted molar refractivity (Wildman–Crippen MR) is 110 cm³/mol. The highest BCUT2D eigenvalue weighted by Crippen LogP contribution is 2.43. The second-order valence-electron chi connectivity index (χ2n) is 6.29. The molecule has 0 saturated carbocycles. The van der Waals surface area contributed by atoms with Gasteiger partial charge in [0, 0.05) is 22.9 Å². The van der Waals surface area contributed by atoms with Crippen molar-refractivity contribution in [3.05, 3.63) is 70.8 Å². The Morgan fingerprint density at radius 2 is 1.77 bits per heavy atom. The Morgan fingerprint density at radius 3 is 2.55 bits per heavy atom. The molecular weight excluding hydrogens is 426 g/mol. The Hall–Kier alpha value is -3.77. The van der Waals surface area contributed by atoms with Crippen LogP contribution in [0.25, 0.3) is 21.5 Å². The summed E-state index contributed by atoms with van der Waals surface area (Å²) in [5.41, 5.74) is -0.125. The van der Waals surface area contributed by atoms with E-state index in [1.807, 2.05) is 6.07 Å². The van der Waals surface area contributed by atoms with E-state index >= 15 is 0 Å². The minimum Gasteiger partial charge on any atom is -0.871 e. The molecule has 0 heterocycles. The van der Waals surface area contributed by atoms with E-state index in [4.69, 9.17) is 5.26 Å². The van der Waals surface area contributed by atoms with Crippen LogP contribution in [0.5, 0.6) is 11.5 Å². The van der Waals surface area contributed by atoms with Crippen LogP contribution in [0, 0.1) is 10.1 Å². The highest BCUT2D eigenvalue weighted by molar-refractivity contribution is 7.94. The van der Waals surface area contributed by atoms with Gasteiger partial charge in [0.25, 0.3) is 5.69 Å². The molecule has 4 aromatic rings. The molecule has 0 atom stereocenters. The van der Waals surface area contributed by atoms with Crippen molar-refractivity contribution in [2.24, 2.45) is 10.2 Å². The monoisotopic (exact) mass is 438 g/mol. The SMILES string of the molecule is O=[N+]([O-])c1ccc2c(N=Nc3ccc4ccccc4c3[O-])c(O)cc(SOOO)c2c1. The van der Waals surface area contributed by atoms with Crippen molar-refractivity contribution in [3.63, 3.8) is 0 Å². The summed E-state index contributed by atoms with van der Waals surface area (Å²) in [6.07, 6.45) is 0. The number of rotatable bonds is 6. The molecule has 0 saturated heterocycles. The molecule has 0 aliphatic rings. The molecule has 0 unspecified atom stereocenters. The van der Waals surface area contributed by atoms with Crippen molar-refractivity contribution < 1.29 is 29.8 Å². The van der Waals surface area contributed by atoms with Gasteiger partial charge in [0.1, 0.15) is 11.4 Å². The molecule has 0 bridgehead atoms. The number of aromatic hydroxyl groups is 1. The summed E-state index contributed by atoms with van der Waals surface area (Å²) >= 11 is 0.534. The first-order valence-electron chi connectivity index (χ1n) is 8.69. The zero-order valence-electron chi connectivity index (χ0n) is 15.5. The lowest BCUT2D eigenvalue weighted by atomic mass is 10.1. The second-order valence-corrected chi connectivity index (χ2v) is 7.03. The van der Waals surface area contributed by atoms with Gasteiger partial charge in [0.05, 0.1) is 27.5 Å². The van der Waals surface area contributed by atoms with Crippen molar-refractivity contribution in [2.75, 3.05) is 0 Å². The maximum Gasteiger partial charge on any atom is 0.270 e. The third-order valence-corrected chi connectivity index (χ3v) is 5.16. The standard InChI is InChI=1S/C20H13N3O7S/c24-17-10-18(31-30-29-28)15-9-12(23(26)27)6-7-14(15)19(17)22-21-16-8-5-11-3-1-2-4-13(11)20(16)25/h1-10,24-25,28H/p-1. The Labute approximate surface area is 178 Å². The summed E-state index contributed by atoms with van der Waals surface area (Å²) in [6.45, 7) is 0. The molecular formula is C20H12N3O7S-. The molecule has 4 aromatic carbocycles. The van der Waals surface area contributed by atoms with Gasteiger partial charge in [-0.25, -0.2) is 5.26 Å². The van der Waals surface area contributed by atoms with E-state index < -0.39 is 4.92 Å². The van der Waals surface area contributed by atoms with Crippen LogP contribution in [-0.4, -0.2) is 15.3 Å². The van der Waals surface area contributed by atoms with Crippen LogP contribution in [0.15, 0.2) is 75.8 Å². The Morgan fingerprint density at radius 1 is 0.968 bits per heavy atom. The normalized spacial score (nSPS) is 11.5. The number of azo groups is 1. The number of nitrogens with zero attached hydrogens (tertiary/aromatic N) is 3. The summed E-state index contributed by atoms with van der Waals surface area (Å²) in [7, 11) is 0. The van der Waals surface area contributed by atoms with E-state index in [-0.39, 0.29) is 33.5 Å². The van der Waals surface area contributed by atoms with E-state index in [2.05, 4.69) is 19.6 Å². The molecule has 31 heavy (non-hydrogen) atoms. The first kappa shape index (κ1) is 20.5. The molecule has 0 aliphatic heterocycles. The molecule has 0 aliphatic carbocycles. The zero-order chi connectivity index (χ0) is 22.0. The first-order chi connectivity index (χ1) is 15.0. The van der Waals surface area contributed by atoms with Gasteiger partial charge in [-0.05, 0) is 29.0 Å². The fourth-order valence-electron chi connectivity index (χ4n) is 3.10. The van der Waals surface area contributed by atoms with Gasteiger partial charge in [-0.3, -0.25) is 10.1 Å². The topological polar surface area (TPSA) is 150 Å². The van der Waals surface area contributed by atoms with Crippen molar-refractivity contribution in [1.29, 1.82) is 0 Å². The van der Waals surface area contributed by atoms with Crippen molar-refractivity contribution in [3.8, 4) is 11.5 Å². The zero-order valence-corrected chi connectivity index (χ0v) is 16.3. The van der Waals surface area contributed by atoms with E-state index in [1.54, 1.807) is 24.3 Å². The molecule has 156 valence electrons. The van der Waals surface area contributed by atoms with Crippen LogP contribution in [0.1, 0.15) is 0 Å². The van der Waals surface area contributed by atoms with E-state index in [9.17, 15) is 20.3 Å². The molecule has 2 N–H and O–H groups in total. The number of phenols is 1. The summed E-state index contributed by atoms with van der Waals surface area (Å²) in [4.78, 5) is 10.8. The molecule has 0 fully saturated rings. The molecule has 0 aromatic heterocycles. The maximum absolute atomic E-state index is 12.6. The van der Waals surface area contributed by atoms with Crippen LogP contribution in [0.2, 0.25) is 0 Å². The number of nitro groups is 1. The molecule has 0 amide bonds. The summed E-state index contributed by atoms with van der Waals surface area (Å²) in [6, 6.07) is 15.4. The van der Waals surface area contributed by atoms with Gasteiger partial charge in [-0.2, -0.15) is 5.11 Å². The highest BCUT2D eigenvalue weighted by atomic mass is 32.2. The van der Waals surface area contributed by atoms with Crippen molar-refractivity contribution >= 4 is 50.6 Å². The van der Waals surface area contributed by atoms with Gasteiger partial charge >= 0.3 is 0 Å². The van der Waals surface area contributed by atoms with Crippen LogP contribution < -0.4 is 5.11 Å². The smallest absolute Gasteiger partial charge is 0.270 e. The minimum atomic E-state index is -0.579. The lowest BCUT2D eigenvalue weighted by molar-refractivity contribution is -0.432. The van der Waals surface area contributed by atoms with Gasteiger partial charge < -0.3 is 10.2 Å². The Balaban J connectivity index is 1.85. The van der Waals surface area contributed by atoms with Crippen molar-refractivity contribution in [1.82, 2.24) is 0 Å². The molecule has 0 radical (unpaired) electrons. The van der Waals surface area contributed by atoms with E-state index in [1.165, 1.54) is 30.3 Å². The number of fused-ring (bicyclic) bond motifs is 2. The number of nitro benzene ring substituents is 1. The maximum atomic E-state index is 12.6. The fraction of sp³-hybridized carbons (Fsp3) is 0.